The van der Waals surface area contributed by atoms with Gasteiger partial charge in [-0.15, -0.1) is 0 Å². The molecule has 0 fully saturated rings. The summed E-state index contributed by atoms with van der Waals surface area (Å²) in [7, 11) is -5.53. The highest BCUT2D eigenvalue weighted by Crippen LogP contribution is 2.46. The quantitative estimate of drug-likeness (QED) is 0.0650. The van der Waals surface area contributed by atoms with Crippen LogP contribution in [0.4, 0.5) is 0 Å². The Hall–Kier alpha value is -10.0. The van der Waals surface area contributed by atoms with Gasteiger partial charge in [-0.1, -0.05) is 384 Å². The fraction of sp³-hybridized carbons (Fsp3) is 0. The van der Waals surface area contributed by atoms with E-state index in [4.69, 9.17) is 0 Å². The van der Waals surface area contributed by atoms with E-state index in [1.807, 2.05) is 0 Å². The zero-order valence-electron chi connectivity index (χ0n) is 50.6. The minimum absolute atomic E-state index is 1.09. The average molecular weight is 1340 g/mol. The first-order valence-corrected chi connectivity index (χ1v) is 37.0. The molecule has 4 heteroatoms. The van der Waals surface area contributed by atoms with Gasteiger partial charge >= 0.3 is 0 Å². The first kappa shape index (κ1) is 58.3. The lowest BCUT2D eigenvalue weighted by molar-refractivity contribution is 1.61. The maximum Gasteiger partial charge on any atom is 0.179 e. The Kier molecular flexibility index (Phi) is 16.3. The monoisotopic (exact) mass is 1330 g/mol. The van der Waals surface area contributed by atoms with E-state index in [-0.39, 0.29) is 0 Å². The third-order valence-corrected chi connectivity index (χ3v) is 29.0. The van der Waals surface area contributed by atoms with E-state index < -0.39 is 16.1 Å². The summed E-state index contributed by atoms with van der Waals surface area (Å²) in [6, 6.07) is 139. The van der Waals surface area contributed by atoms with Crippen LogP contribution in [0.2, 0.25) is 0 Å². The number of halogens is 2. The number of hydrogen-bond donors (Lipinski definition) is 0. The molecule has 0 aliphatic carbocycles. The highest BCUT2D eigenvalue weighted by atomic mass is 79.9. The van der Waals surface area contributed by atoms with Crippen molar-refractivity contribution in [3.63, 3.8) is 0 Å². The molecule has 92 heavy (non-hydrogen) atoms. The Morgan fingerprint density at radius 1 is 0.152 bits per heavy atom. The van der Waals surface area contributed by atoms with Crippen LogP contribution < -0.4 is 41.5 Å². The van der Waals surface area contributed by atoms with Crippen molar-refractivity contribution in [2.45, 2.75) is 0 Å². The molecule has 0 unspecified atom stereocenters. The van der Waals surface area contributed by atoms with Crippen LogP contribution in [0, 0.1) is 0 Å². The van der Waals surface area contributed by atoms with Gasteiger partial charge < -0.3 is 0 Å². The summed E-state index contributed by atoms with van der Waals surface area (Å²) >= 11 is 7.28. The van der Waals surface area contributed by atoms with Gasteiger partial charge in [0.1, 0.15) is 0 Å². The maximum atomic E-state index is 3.64. The fourth-order valence-corrected chi connectivity index (χ4v) is 25.1. The van der Waals surface area contributed by atoms with Crippen LogP contribution in [0.3, 0.4) is 0 Å². The molecule has 436 valence electrons. The molecule has 0 radical (unpaired) electrons. The van der Waals surface area contributed by atoms with Gasteiger partial charge in [-0.3, -0.25) is 0 Å². The van der Waals surface area contributed by atoms with Crippen molar-refractivity contribution >= 4 is 133 Å². The maximum absolute atomic E-state index is 3.64. The van der Waals surface area contributed by atoms with E-state index >= 15 is 0 Å². The molecule has 16 aromatic rings. The molecule has 0 amide bonds. The van der Waals surface area contributed by atoms with Crippen LogP contribution in [0.1, 0.15) is 0 Å². The van der Waals surface area contributed by atoms with E-state index in [9.17, 15) is 0 Å². The lowest BCUT2D eigenvalue weighted by Crippen LogP contribution is -2.74. The summed E-state index contributed by atoms with van der Waals surface area (Å²) in [5, 5.41) is 21.1. The van der Waals surface area contributed by atoms with Crippen LogP contribution in [0.15, 0.2) is 385 Å². The highest BCUT2D eigenvalue weighted by molar-refractivity contribution is 9.10. The van der Waals surface area contributed by atoms with Gasteiger partial charge in [0.2, 0.25) is 0 Å². The molecule has 0 nitrogen and oxygen atoms in total. The predicted molar refractivity (Wildman–Crippen MR) is 407 cm³/mol. The third-order valence-electron chi connectivity index (χ3n) is 18.5. The smallest absolute Gasteiger partial charge is 0.0623 e. The molecule has 0 aliphatic heterocycles. The van der Waals surface area contributed by atoms with Gasteiger partial charge in [-0.2, -0.15) is 0 Å². The average Bonchev–Trinajstić information content (AvgIpc) is 0.744. The summed E-state index contributed by atoms with van der Waals surface area (Å²) in [6.07, 6.45) is 0. The molecule has 16 rings (SSSR count). The van der Waals surface area contributed by atoms with Gasteiger partial charge in [0.25, 0.3) is 0 Å². The normalized spacial score (nSPS) is 11.6. The van der Waals surface area contributed by atoms with Crippen LogP contribution in [-0.2, 0) is 0 Å². The van der Waals surface area contributed by atoms with E-state index in [0.29, 0.717) is 0 Å². The van der Waals surface area contributed by atoms with Gasteiger partial charge in [0.05, 0.1) is 0 Å². The fourth-order valence-electron chi connectivity index (χ4n) is 14.7. The van der Waals surface area contributed by atoms with Gasteiger partial charge in [0.15, 0.2) is 16.1 Å². The third kappa shape index (κ3) is 10.5. The zero-order chi connectivity index (χ0) is 61.9. The minimum Gasteiger partial charge on any atom is -0.0623 e. The second-order valence-electron chi connectivity index (χ2n) is 23.6. The first-order chi connectivity index (χ1) is 45.5. The molecular formula is C88H62Br2Si2. The van der Waals surface area contributed by atoms with Crippen molar-refractivity contribution in [1.82, 2.24) is 0 Å². The number of hydrogen-bond acceptors (Lipinski definition) is 0. The van der Waals surface area contributed by atoms with Gasteiger partial charge in [-0.05, 0) is 153 Å². The van der Waals surface area contributed by atoms with Crippen molar-refractivity contribution in [3.05, 3.63) is 385 Å². The lowest BCUT2D eigenvalue weighted by Gasteiger charge is -2.35. The molecule has 0 saturated carbocycles. The number of fused-ring (bicyclic) bond motifs is 4. The van der Waals surface area contributed by atoms with E-state index in [0.717, 1.165) is 8.95 Å². The second kappa shape index (κ2) is 25.7. The Balaban J connectivity index is 0.000000208. The highest BCUT2D eigenvalue weighted by Gasteiger charge is 2.43. The first-order valence-electron chi connectivity index (χ1n) is 31.4. The molecule has 0 aromatic heterocycles. The number of rotatable bonds is 12. The molecule has 16 aromatic carbocycles. The second-order valence-corrected chi connectivity index (χ2v) is 33.0. The molecular weight excluding hydrogens is 1270 g/mol. The minimum atomic E-state index is -2.77. The van der Waals surface area contributed by atoms with Crippen molar-refractivity contribution in [2.75, 3.05) is 0 Å². The Morgan fingerprint density at radius 3 is 0.533 bits per heavy atom. The Morgan fingerprint density at radius 2 is 0.326 bits per heavy atom. The molecule has 0 N–H and O–H groups in total. The van der Waals surface area contributed by atoms with Crippen LogP contribution in [0.25, 0.3) is 87.6 Å². The van der Waals surface area contributed by atoms with Gasteiger partial charge in [-0.25, -0.2) is 0 Å². The van der Waals surface area contributed by atoms with Crippen molar-refractivity contribution < 1.29 is 0 Å². The molecule has 0 aliphatic rings. The van der Waals surface area contributed by atoms with Gasteiger partial charge in [0, 0.05) is 8.95 Å². The molecule has 0 heterocycles. The molecule has 0 atom stereocenters. The molecule has 0 bridgehead atoms. The van der Waals surface area contributed by atoms with E-state index in [1.165, 1.54) is 129 Å². The molecule has 0 saturated heterocycles. The molecule has 0 spiro atoms. The van der Waals surface area contributed by atoms with E-state index in [1.54, 1.807) is 0 Å². The summed E-state index contributed by atoms with van der Waals surface area (Å²) in [6.45, 7) is 0. The van der Waals surface area contributed by atoms with Crippen molar-refractivity contribution in [3.8, 4) is 44.5 Å². The Bertz CT molecular complexity index is 4650. The summed E-state index contributed by atoms with van der Waals surface area (Å²) in [5.41, 5.74) is 10.0. The summed E-state index contributed by atoms with van der Waals surface area (Å²) < 4.78 is 2.18. The van der Waals surface area contributed by atoms with Crippen LogP contribution in [-0.4, -0.2) is 16.1 Å². The number of benzene rings is 16. The topological polar surface area (TPSA) is 0 Å². The van der Waals surface area contributed by atoms with Crippen LogP contribution >= 0.6 is 31.9 Å². The summed E-state index contributed by atoms with van der Waals surface area (Å²) in [5.74, 6) is 0. The van der Waals surface area contributed by atoms with Crippen molar-refractivity contribution in [2.24, 2.45) is 0 Å². The van der Waals surface area contributed by atoms with Crippen molar-refractivity contribution in [1.29, 1.82) is 0 Å². The largest absolute Gasteiger partial charge is 0.179 e. The standard InChI is InChI=1S/C62H46Si2.C26H16Br2/c1-7-27-49(28-8-1)63(50-29-9-2-10-30-50,51-31-11-3-12-32-51)55-39-23-25-47(45-55)61-57-41-19-21-43-59(57)62(60-44-22-20-42-58(60)61)48-26-24-40-56(46-48)64(52-33-13-4-14-34-52,53-35-15-5-16-36-53)54-37-17-6-18-38-54;27-19-9-5-7-17(15-19)25-21-11-1-2-12-22(21)26(18-8-6-10-20(28)16-18)24-14-4-3-13-23(24)25/h1-46H;1-16H. The van der Waals surface area contributed by atoms with Crippen LogP contribution in [0.5, 0.6) is 0 Å². The van der Waals surface area contributed by atoms with E-state index in [2.05, 4.69) is 408 Å². The lowest BCUT2D eigenvalue weighted by atomic mass is 9.86. The SMILES string of the molecule is Brc1cccc(-c2c3ccccc3c(-c3cccc(Br)c3)c3ccccc23)c1.c1ccc([Si](c2ccccc2)(c2ccccc2)c2cccc(-c3c4ccccc4c(-c4cccc([Si](c5ccccc5)(c5ccccc5)c5ccccc5)c4)c4ccccc34)c2)cc1. The zero-order valence-corrected chi connectivity index (χ0v) is 55.7. The Labute approximate surface area is 557 Å². The summed E-state index contributed by atoms with van der Waals surface area (Å²) in [4.78, 5) is 0. The predicted octanol–water partition coefficient (Wildman–Crippen LogP) is 18.9.